The van der Waals surface area contributed by atoms with Crippen LogP contribution in [0.5, 0.6) is 5.75 Å². The number of hydrogen-bond donors (Lipinski definition) is 0. The van der Waals surface area contributed by atoms with E-state index in [1.54, 1.807) is 0 Å². The van der Waals surface area contributed by atoms with Gasteiger partial charge in [-0.2, -0.15) is 0 Å². The highest BCUT2D eigenvalue weighted by Crippen LogP contribution is 2.42. The van der Waals surface area contributed by atoms with Crippen molar-refractivity contribution in [2.24, 2.45) is 0 Å². The van der Waals surface area contributed by atoms with Crippen LogP contribution in [0.25, 0.3) is 0 Å². The molecular formula is C17H26O3. The van der Waals surface area contributed by atoms with Crippen LogP contribution >= 0.6 is 0 Å². The molecule has 3 nitrogen and oxygen atoms in total. The summed E-state index contributed by atoms with van der Waals surface area (Å²) in [6.45, 7) is 10.5. The fourth-order valence-electron chi connectivity index (χ4n) is 2.85. The molecule has 0 amide bonds. The molecule has 0 unspecified atom stereocenters. The molecule has 0 bridgehead atoms. The Hall–Kier alpha value is -1.06. The molecule has 0 aromatic heterocycles. The molecule has 1 fully saturated rings. The van der Waals surface area contributed by atoms with E-state index in [0.717, 1.165) is 42.7 Å². The maximum absolute atomic E-state index is 6.00. The minimum atomic E-state index is -0.616. The van der Waals surface area contributed by atoms with Crippen LogP contribution in [-0.4, -0.2) is 19.8 Å². The summed E-state index contributed by atoms with van der Waals surface area (Å²) in [5.74, 6) is 0.321. The summed E-state index contributed by atoms with van der Waals surface area (Å²) in [6.07, 6.45) is 2.87. The first kappa shape index (κ1) is 15.3. The predicted octanol–water partition coefficient (Wildman–Crippen LogP) is 4.09. The van der Waals surface area contributed by atoms with Crippen LogP contribution in [0.15, 0.2) is 12.1 Å². The van der Waals surface area contributed by atoms with E-state index in [4.69, 9.17) is 14.2 Å². The van der Waals surface area contributed by atoms with E-state index in [1.807, 2.05) is 0 Å². The fraction of sp³-hybridized carbons (Fsp3) is 0.647. The van der Waals surface area contributed by atoms with Crippen molar-refractivity contribution in [2.45, 2.75) is 52.7 Å². The number of benzene rings is 1. The molecule has 112 valence electrons. The van der Waals surface area contributed by atoms with Crippen molar-refractivity contribution in [3.05, 3.63) is 28.8 Å². The second-order valence-electron chi connectivity index (χ2n) is 5.51. The molecule has 0 N–H and O–H groups in total. The van der Waals surface area contributed by atoms with Gasteiger partial charge in [0.05, 0.1) is 25.4 Å². The van der Waals surface area contributed by atoms with E-state index in [9.17, 15) is 0 Å². The van der Waals surface area contributed by atoms with E-state index in [2.05, 4.69) is 39.8 Å². The van der Waals surface area contributed by atoms with Crippen LogP contribution in [0.1, 0.15) is 49.8 Å². The second kappa shape index (κ2) is 6.59. The molecule has 1 aliphatic heterocycles. The molecule has 20 heavy (non-hydrogen) atoms. The molecule has 0 radical (unpaired) electrons. The number of hydrogen-bond acceptors (Lipinski definition) is 3. The normalized spacial score (nSPS) is 17.4. The topological polar surface area (TPSA) is 27.7 Å². The van der Waals surface area contributed by atoms with Gasteiger partial charge in [0, 0.05) is 6.42 Å². The number of rotatable bonds is 6. The summed E-state index contributed by atoms with van der Waals surface area (Å²) in [7, 11) is 0. The molecule has 1 aromatic rings. The highest BCUT2D eigenvalue weighted by atomic mass is 16.7. The second-order valence-corrected chi connectivity index (χ2v) is 5.51. The highest BCUT2D eigenvalue weighted by Gasteiger charge is 2.40. The number of aryl methyl sites for hydroxylation is 2. The summed E-state index contributed by atoms with van der Waals surface area (Å²) >= 11 is 0. The van der Waals surface area contributed by atoms with Crippen LogP contribution in [0.2, 0.25) is 0 Å². The lowest BCUT2D eigenvalue weighted by molar-refractivity contribution is -0.172. The van der Waals surface area contributed by atoms with Gasteiger partial charge < -0.3 is 14.2 Å². The molecule has 0 aliphatic carbocycles. The molecule has 0 saturated carbocycles. The summed E-state index contributed by atoms with van der Waals surface area (Å²) in [5, 5.41) is 0. The van der Waals surface area contributed by atoms with Crippen LogP contribution in [-0.2, 0) is 15.3 Å². The summed E-state index contributed by atoms with van der Waals surface area (Å²) in [4.78, 5) is 0. The van der Waals surface area contributed by atoms with Crippen LogP contribution in [0.4, 0.5) is 0 Å². The molecule has 1 aliphatic rings. The Balaban J connectivity index is 2.46. The first-order valence-electron chi connectivity index (χ1n) is 7.65. The summed E-state index contributed by atoms with van der Waals surface area (Å²) < 4.78 is 18.0. The molecule has 1 aromatic carbocycles. The molecular weight excluding hydrogens is 252 g/mol. The van der Waals surface area contributed by atoms with E-state index in [0.29, 0.717) is 13.2 Å². The lowest BCUT2D eigenvalue weighted by atomic mass is 9.95. The number of ether oxygens (including phenoxy) is 3. The molecule has 0 atom stereocenters. The van der Waals surface area contributed by atoms with Gasteiger partial charge in [-0.15, -0.1) is 0 Å². The van der Waals surface area contributed by atoms with Crippen molar-refractivity contribution in [1.29, 1.82) is 0 Å². The third-order valence-corrected chi connectivity index (χ3v) is 3.61. The Morgan fingerprint density at radius 3 is 2.40 bits per heavy atom. The minimum absolute atomic E-state index is 0.616. The summed E-state index contributed by atoms with van der Waals surface area (Å²) in [6, 6.07) is 4.31. The maximum Gasteiger partial charge on any atom is 0.198 e. The van der Waals surface area contributed by atoms with Gasteiger partial charge in [0.25, 0.3) is 0 Å². The fourth-order valence-corrected chi connectivity index (χ4v) is 2.85. The zero-order valence-electron chi connectivity index (χ0n) is 13.1. The SMILES string of the molecule is CCCOc1c(C)cc(C)cc1C1(CCC)OCCO1. The van der Waals surface area contributed by atoms with Crippen molar-refractivity contribution in [2.75, 3.05) is 19.8 Å². The average Bonchev–Trinajstić information content (AvgIpc) is 2.87. The van der Waals surface area contributed by atoms with Crippen molar-refractivity contribution < 1.29 is 14.2 Å². The van der Waals surface area contributed by atoms with E-state index < -0.39 is 5.79 Å². The van der Waals surface area contributed by atoms with Gasteiger partial charge in [-0.05, 0) is 31.9 Å². The average molecular weight is 278 g/mol. The molecule has 0 spiro atoms. The van der Waals surface area contributed by atoms with Gasteiger partial charge >= 0.3 is 0 Å². The van der Waals surface area contributed by atoms with Crippen molar-refractivity contribution >= 4 is 0 Å². The standard InChI is InChI=1S/C17H26O3/c1-5-7-17(19-9-10-20-17)15-12-13(3)11-14(4)16(15)18-8-6-2/h11-12H,5-10H2,1-4H3. The van der Waals surface area contributed by atoms with Gasteiger partial charge in [-0.3, -0.25) is 0 Å². The van der Waals surface area contributed by atoms with Gasteiger partial charge in [-0.25, -0.2) is 0 Å². The zero-order valence-corrected chi connectivity index (χ0v) is 13.1. The Bertz CT molecular complexity index is 448. The smallest absolute Gasteiger partial charge is 0.198 e. The van der Waals surface area contributed by atoms with Crippen molar-refractivity contribution in [3.63, 3.8) is 0 Å². The Labute approximate surface area is 122 Å². The molecule has 2 rings (SSSR count). The molecule has 1 saturated heterocycles. The zero-order chi connectivity index (χ0) is 14.6. The van der Waals surface area contributed by atoms with Crippen LogP contribution in [0.3, 0.4) is 0 Å². The van der Waals surface area contributed by atoms with E-state index in [-0.39, 0.29) is 0 Å². The van der Waals surface area contributed by atoms with Gasteiger partial charge in [-0.1, -0.05) is 31.9 Å². The lowest BCUT2D eigenvalue weighted by Gasteiger charge is -2.30. The maximum atomic E-state index is 6.00. The predicted molar refractivity (Wildman–Crippen MR) is 80.2 cm³/mol. The lowest BCUT2D eigenvalue weighted by Crippen LogP contribution is -2.28. The first-order chi connectivity index (χ1) is 9.63. The van der Waals surface area contributed by atoms with E-state index in [1.165, 1.54) is 5.56 Å². The van der Waals surface area contributed by atoms with Crippen LogP contribution < -0.4 is 4.74 Å². The van der Waals surface area contributed by atoms with Crippen molar-refractivity contribution in [1.82, 2.24) is 0 Å². The van der Waals surface area contributed by atoms with E-state index >= 15 is 0 Å². The third kappa shape index (κ3) is 2.99. The summed E-state index contributed by atoms with van der Waals surface area (Å²) in [5.41, 5.74) is 3.43. The first-order valence-corrected chi connectivity index (χ1v) is 7.65. The molecule has 1 heterocycles. The third-order valence-electron chi connectivity index (χ3n) is 3.61. The molecule has 3 heteroatoms. The van der Waals surface area contributed by atoms with Crippen molar-refractivity contribution in [3.8, 4) is 5.75 Å². The van der Waals surface area contributed by atoms with Crippen LogP contribution in [0, 0.1) is 13.8 Å². The Kier molecular flexibility index (Phi) is 5.06. The minimum Gasteiger partial charge on any atom is -0.493 e. The highest BCUT2D eigenvalue weighted by molar-refractivity contribution is 5.46. The quantitative estimate of drug-likeness (QED) is 0.784. The largest absolute Gasteiger partial charge is 0.493 e. The Morgan fingerprint density at radius 2 is 1.80 bits per heavy atom. The Morgan fingerprint density at radius 1 is 1.10 bits per heavy atom. The van der Waals surface area contributed by atoms with Gasteiger partial charge in [0.2, 0.25) is 0 Å². The monoisotopic (exact) mass is 278 g/mol. The van der Waals surface area contributed by atoms with Gasteiger partial charge in [0.1, 0.15) is 5.75 Å². The van der Waals surface area contributed by atoms with Gasteiger partial charge in [0.15, 0.2) is 5.79 Å².